The summed E-state index contributed by atoms with van der Waals surface area (Å²) < 4.78 is 6.58. The van der Waals surface area contributed by atoms with Crippen molar-refractivity contribution in [2.45, 2.75) is 6.54 Å². The van der Waals surface area contributed by atoms with E-state index >= 15 is 0 Å². The minimum absolute atomic E-state index is 0.138. The highest BCUT2D eigenvalue weighted by atomic mass is 79.9. The molecule has 1 aliphatic rings. The van der Waals surface area contributed by atoms with Crippen molar-refractivity contribution in [1.82, 2.24) is 4.90 Å². The van der Waals surface area contributed by atoms with Gasteiger partial charge < -0.3 is 14.6 Å². The molecule has 1 fully saturated rings. The number of carboxylic acid groups (broad SMARTS) is 2. The first-order valence-corrected chi connectivity index (χ1v) is 11.0. The zero-order chi connectivity index (χ0) is 23.7. The number of carbonyl (C=O) groups is 4. The molecule has 0 bridgehead atoms. The average Bonchev–Trinajstić information content (AvgIpc) is 3.35. The average molecular weight is 528 g/mol. The van der Waals surface area contributed by atoms with Crippen molar-refractivity contribution in [2.24, 2.45) is 0 Å². The monoisotopic (exact) mass is 527 g/mol. The normalized spacial score (nSPS) is 14.8. The van der Waals surface area contributed by atoms with Crippen LogP contribution in [0.1, 0.15) is 32.0 Å². The lowest BCUT2D eigenvalue weighted by atomic mass is 10.0. The van der Waals surface area contributed by atoms with Gasteiger partial charge in [0.25, 0.3) is 11.1 Å². The molecule has 0 radical (unpaired) electrons. The van der Waals surface area contributed by atoms with Gasteiger partial charge in [0, 0.05) is 16.1 Å². The van der Waals surface area contributed by atoms with Gasteiger partial charge in [-0.3, -0.25) is 14.5 Å². The van der Waals surface area contributed by atoms with Crippen LogP contribution in [0.25, 0.3) is 17.4 Å². The van der Waals surface area contributed by atoms with Gasteiger partial charge in [-0.25, -0.2) is 9.59 Å². The number of carbonyl (C=O) groups excluding carboxylic acids is 2. The highest BCUT2D eigenvalue weighted by molar-refractivity contribution is 9.10. The Kier molecular flexibility index (Phi) is 6.21. The Morgan fingerprint density at radius 3 is 2.21 bits per heavy atom. The first kappa shape index (κ1) is 22.6. The fourth-order valence-electron chi connectivity index (χ4n) is 3.14. The van der Waals surface area contributed by atoms with E-state index in [4.69, 9.17) is 4.42 Å². The molecule has 2 heterocycles. The number of aromatic carboxylic acids is 2. The summed E-state index contributed by atoms with van der Waals surface area (Å²) in [5, 5.41) is 18.1. The van der Waals surface area contributed by atoms with E-state index in [9.17, 15) is 29.4 Å². The summed E-state index contributed by atoms with van der Waals surface area (Å²) in [6, 6.07) is 14.0. The molecule has 1 saturated heterocycles. The number of benzene rings is 2. The molecule has 166 valence electrons. The molecule has 0 spiro atoms. The predicted octanol–water partition coefficient (Wildman–Crippen LogP) is 5.34. The number of thioether (sulfide) groups is 1. The molecule has 10 heteroatoms. The fourth-order valence-corrected chi connectivity index (χ4v) is 4.22. The maximum atomic E-state index is 12.7. The standard InChI is InChI=1S/C23H14BrNO7S/c24-16-3-1-12(2-4-16)11-25-20(26)19(33-23(25)31)10-17-5-6-18(32-17)13-7-14(21(27)28)9-15(8-13)22(29)30/h1-10H,11H2,(H,27,28)(H,29,30)/b19-10+. The molecule has 1 aliphatic heterocycles. The third-order valence-electron chi connectivity index (χ3n) is 4.74. The number of hydrogen-bond acceptors (Lipinski definition) is 6. The van der Waals surface area contributed by atoms with Crippen LogP contribution in [-0.2, 0) is 11.3 Å². The number of rotatable bonds is 6. The molecule has 8 nitrogen and oxygen atoms in total. The fraction of sp³-hybridized carbons (Fsp3) is 0.0435. The van der Waals surface area contributed by atoms with E-state index in [0.717, 1.165) is 32.8 Å². The van der Waals surface area contributed by atoms with Gasteiger partial charge in [-0.15, -0.1) is 0 Å². The minimum atomic E-state index is -1.27. The van der Waals surface area contributed by atoms with Crippen molar-refractivity contribution in [3.8, 4) is 11.3 Å². The third-order valence-corrected chi connectivity index (χ3v) is 6.18. The number of imide groups is 1. The summed E-state index contributed by atoms with van der Waals surface area (Å²) in [6.45, 7) is 0.138. The Morgan fingerprint density at radius 1 is 0.970 bits per heavy atom. The molecule has 4 rings (SSSR count). The van der Waals surface area contributed by atoms with Crippen LogP contribution in [0.3, 0.4) is 0 Å². The van der Waals surface area contributed by atoms with Crippen LogP contribution in [0, 0.1) is 0 Å². The van der Waals surface area contributed by atoms with E-state index in [1.165, 1.54) is 24.3 Å². The van der Waals surface area contributed by atoms with Gasteiger partial charge in [0.2, 0.25) is 0 Å². The van der Waals surface area contributed by atoms with E-state index in [1.54, 1.807) is 6.07 Å². The molecule has 2 aromatic carbocycles. The van der Waals surface area contributed by atoms with E-state index in [1.807, 2.05) is 24.3 Å². The summed E-state index contributed by atoms with van der Waals surface area (Å²) in [5.74, 6) is -2.51. The van der Waals surface area contributed by atoms with E-state index < -0.39 is 23.1 Å². The Balaban J connectivity index is 1.58. The Hall–Kier alpha value is -3.63. The largest absolute Gasteiger partial charge is 0.478 e. The second-order valence-corrected chi connectivity index (χ2v) is 8.91. The van der Waals surface area contributed by atoms with Crippen molar-refractivity contribution in [3.05, 3.63) is 86.4 Å². The Labute approximate surface area is 199 Å². The lowest BCUT2D eigenvalue weighted by Gasteiger charge is -2.12. The highest BCUT2D eigenvalue weighted by Crippen LogP contribution is 2.34. The van der Waals surface area contributed by atoms with E-state index in [0.29, 0.717) is 0 Å². The molecule has 2 amide bonds. The van der Waals surface area contributed by atoms with Crippen LogP contribution in [0.4, 0.5) is 4.79 Å². The van der Waals surface area contributed by atoms with Gasteiger partial charge in [-0.1, -0.05) is 28.1 Å². The molecule has 1 aromatic heterocycles. The van der Waals surface area contributed by atoms with Crippen LogP contribution in [-0.4, -0.2) is 38.2 Å². The lowest BCUT2D eigenvalue weighted by Crippen LogP contribution is -2.27. The number of halogens is 1. The van der Waals surface area contributed by atoms with Crippen molar-refractivity contribution < 1.29 is 33.8 Å². The number of hydrogen-bond donors (Lipinski definition) is 2. The summed E-state index contributed by atoms with van der Waals surface area (Å²) >= 11 is 4.13. The quantitative estimate of drug-likeness (QED) is 0.411. The van der Waals surface area contributed by atoms with Crippen LogP contribution >= 0.6 is 27.7 Å². The zero-order valence-electron chi connectivity index (χ0n) is 16.6. The van der Waals surface area contributed by atoms with Gasteiger partial charge in [0.1, 0.15) is 11.5 Å². The molecule has 0 saturated carbocycles. The van der Waals surface area contributed by atoms with Gasteiger partial charge in [0.05, 0.1) is 22.6 Å². The van der Waals surface area contributed by atoms with E-state index in [-0.39, 0.29) is 39.7 Å². The Morgan fingerprint density at radius 2 is 1.61 bits per heavy atom. The minimum Gasteiger partial charge on any atom is -0.478 e. The molecule has 3 aromatic rings. The number of furan rings is 1. The topological polar surface area (TPSA) is 125 Å². The molecule has 0 atom stereocenters. The summed E-state index contributed by atoms with van der Waals surface area (Å²) in [5.41, 5.74) is 0.665. The molecule has 0 unspecified atom stereocenters. The second-order valence-electron chi connectivity index (χ2n) is 7.01. The molecule has 0 aliphatic carbocycles. The first-order valence-electron chi connectivity index (χ1n) is 9.43. The molecule has 33 heavy (non-hydrogen) atoms. The lowest BCUT2D eigenvalue weighted by molar-refractivity contribution is -0.123. The smallest absolute Gasteiger partial charge is 0.335 e. The van der Waals surface area contributed by atoms with Gasteiger partial charge >= 0.3 is 11.9 Å². The number of carboxylic acids is 2. The van der Waals surface area contributed by atoms with Gasteiger partial charge in [-0.2, -0.15) is 0 Å². The SMILES string of the molecule is O=C(O)c1cc(C(=O)O)cc(-c2ccc(/C=C3/SC(=O)N(Cc4ccc(Br)cc4)C3=O)o2)c1. The summed E-state index contributed by atoms with van der Waals surface area (Å²) in [7, 11) is 0. The van der Waals surface area contributed by atoms with Gasteiger partial charge in [-0.05, 0) is 59.8 Å². The van der Waals surface area contributed by atoms with Crippen LogP contribution < -0.4 is 0 Å². The summed E-state index contributed by atoms with van der Waals surface area (Å²) in [6.07, 6.45) is 1.43. The maximum Gasteiger partial charge on any atom is 0.335 e. The second kappa shape index (κ2) is 9.08. The van der Waals surface area contributed by atoms with Crippen LogP contribution in [0.5, 0.6) is 0 Å². The molecular formula is C23H14BrNO7S. The Bertz CT molecular complexity index is 1290. The maximum absolute atomic E-state index is 12.7. The van der Waals surface area contributed by atoms with Crippen LogP contribution in [0.2, 0.25) is 0 Å². The van der Waals surface area contributed by atoms with Crippen molar-refractivity contribution >= 4 is 56.9 Å². The molecule has 2 N–H and O–H groups in total. The third kappa shape index (κ3) is 4.91. The van der Waals surface area contributed by atoms with Crippen LogP contribution in [0.15, 0.2) is 68.4 Å². The predicted molar refractivity (Wildman–Crippen MR) is 124 cm³/mol. The van der Waals surface area contributed by atoms with Crippen molar-refractivity contribution in [1.29, 1.82) is 0 Å². The number of nitrogens with zero attached hydrogens (tertiary/aromatic N) is 1. The van der Waals surface area contributed by atoms with Gasteiger partial charge in [0.15, 0.2) is 0 Å². The first-order chi connectivity index (χ1) is 15.7. The molecular weight excluding hydrogens is 514 g/mol. The highest BCUT2D eigenvalue weighted by Gasteiger charge is 2.35. The zero-order valence-corrected chi connectivity index (χ0v) is 19.1. The van der Waals surface area contributed by atoms with Crippen molar-refractivity contribution in [3.63, 3.8) is 0 Å². The summed E-state index contributed by atoms with van der Waals surface area (Å²) in [4.78, 5) is 49.1. The van der Waals surface area contributed by atoms with Crippen molar-refractivity contribution in [2.75, 3.05) is 0 Å². The van der Waals surface area contributed by atoms with E-state index in [2.05, 4.69) is 15.9 Å². The number of amides is 2.